The number of hydrogen-bond donors (Lipinski definition) is 0. The fourth-order valence-electron chi connectivity index (χ4n) is 1.34. The van der Waals surface area contributed by atoms with Crippen molar-refractivity contribution in [1.82, 2.24) is 15.2 Å². The second kappa shape index (κ2) is 2.82. The molecule has 1 fully saturated rings. The Morgan fingerprint density at radius 1 is 1.18 bits per heavy atom. The second-order valence-corrected chi connectivity index (χ2v) is 2.66. The average Bonchev–Trinajstić information content (AvgIpc) is 2.58. The van der Waals surface area contributed by atoms with Gasteiger partial charge in [-0.2, -0.15) is 5.10 Å². The van der Waals surface area contributed by atoms with Crippen LogP contribution in [0.5, 0.6) is 0 Å². The quantitative estimate of drug-likeness (QED) is 0.583. The van der Waals surface area contributed by atoms with Gasteiger partial charge in [-0.05, 0) is 12.8 Å². The molecule has 0 spiro atoms. The molecule has 0 amide bonds. The average molecular weight is 150 g/mol. The van der Waals surface area contributed by atoms with E-state index in [-0.39, 0.29) is 0 Å². The van der Waals surface area contributed by atoms with Gasteiger partial charge in [-0.1, -0.05) is 0 Å². The highest BCUT2D eigenvalue weighted by molar-refractivity contribution is 5.35. The van der Waals surface area contributed by atoms with Gasteiger partial charge >= 0.3 is 0 Å². The van der Waals surface area contributed by atoms with E-state index in [1.807, 2.05) is 0 Å². The molecule has 0 saturated carbocycles. The molecule has 1 aliphatic heterocycles. The molecular formula is C7H10N4. The van der Waals surface area contributed by atoms with E-state index in [0.29, 0.717) is 0 Å². The minimum Gasteiger partial charge on any atom is -0.355 e. The summed E-state index contributed by atoms with van der Waals surface area (Å²) in [5.41, 5.74) is 0. The van der Waals surface area contributed by atoms with Crippen LogP contribution in [-0.2, 0) is 0 Å². The van der Waals surface area contributed by atoms with Crippen LogP contribution in [0.4, 0.5) is 5.82 Å². The number of nitrogens with zero attached hydrogens (tertiary/aromatic N) is 4. The lowest BCUT2D eigenvalue weighted by atomic mass is 10.4. The van der Waals surface area contributed by atoms with Crippen molar-refractivity contribution in [2.24, 2.45) is 0 Å². The van der Waals surface area contributed by atoms with Crippen LogP contribution in [0.3, 0.4) is 0 Å². The molecule has 11 heavy (non-hydrogen) atoms. The van der Waals surface area contributed by atoms with Crippen LogP contribution in [0.1, 0.15) is 12.8 Å². The summed E-state index contributed by atoms with van der Waals surface area (Å²) in [7, 11) is 0. The second-order valence-electron chi connectivity index (χ2n) is 2.66. The molecule has 0 N–H and O–H groups in total. The highest BCUT2D eigenvalue weighted by Crippen LogP contribution is 2.14. The van der Waals surface area contributed by atoms with Gasteiger partial charge < -0.3 is 4.90 Å². The van der Waals surface area contributed by atoms with Gasteiger partial charge in [0, 0.05) is 13.1 Å². The van der Waals surface area contributed by atoms with E-state index in [2.05, 4.69) is 20.1 Å². The highest BCUT2D eigenvalue weighted by atomic mass is 15.2. The van der Waals surface area contributed by atoms with E-state index in [1.165, 1.54) is 19.2 Å². The smallest absolute Gasteiger partial charge is 0.150 e. The molecule has 0 aliphatic carbocycles. The van der Waals surface area contributed by atoms with Crippen LogP contribution in [-0.4, -0.2) is 28.3 Å². The Balaban J connectivity index is 2.16. The van der Waals surface area contributed by atoms with Crippen molar-refractivity contribution >= 4 is 5.82 Å². The largest absolute Gasteiger partial charge is 0.355 e. The summed E-state index contributed by atoms with van der Waals surface area (Å²) in [6.45, 7) is 2.22. The van der Waals surface area contributed by atoms with Crippen molar-refractivity contribution < 1.29 is 0 Å². The lowest BCUT2D eigenvalue weighted by Gasteiger charge is -2.13. The van der Waals surface area contributed by atoms with Gasteiger partial charge in [0.15, 0.2) is 5.82 Å². The van der Waals surface area contributed by atoms with E-state index in [4.69, 9.17) is 0 Å². The van der Waals surface area contributed by atoms with E-state index < -0.39 is 0 Å². The van der Waals surface area contributed by atoms with Crippen molar-refractivity contribution in [2.45, 2.75) is 12.8 Å². The lowest BCUT2D eigenvalue weighted by molar-refractivity contribution is 0.884. The number of rotatable bonds is 1. The molecule has 0 radical (unpaired) electrons. The number of aromatic nitrogens is 3. The third-order valence-corrected chi connectivity index (χ3v) is 1.91. The molecule has 0 atom stereocenters. The first-order chi connectivity index (χ1) is 5.47. The Kier molecular flexibility index (Phi) is 1.67. The van der Waals surface area contributed by atoms with E-state index in [0.717, 1.165) is 18.9 Å². The van der Waals surface area contributed by atoms with E-state index >= 15 is 0 Å². The topological polar surface area (TPSA) is 41.9 Å². The van der Waals surface area contributed by atoms with Gasteiger partial charge in [-0.25, -0.2) is 4.98 Å². The first-order valence-corrected chi connectivity index (χ1v) is 3.84. The number of hydrogen-bond acceptors (Lipinski definition) is 4. The minimum absolute atomic E-state index is 0.956. The predicted octanol–water partition coefficient (Wildman–Crippen LogP) is 0.472. The van der Waals surface area contributed by atoms with Crippen molar-refractivity contribution in [3.05, 3.63) is 12.5 Å². The SMILES string of the molecule is c1nncc(N2CCCC2)n1. The molecule has 1 aromatic rings. The molecule has 0 aromatic carbocycles. The highest BCUT2D eigenvalue weighted by Gasteiger charge is 2.12. The zero-order valence-electron chi connectivity index (χ0n) is 6.27. The Labute approximate surface area is 65.3 Å². The summed E-state index contributed by atoms with van der Waals surface area (Å²) in [4.78, 5) is 6.34. The Hall–Kier alpha value is -1.19. The van der Waals surface area contributed by atoms with Gasteiger partial charge in [0.1, 0.15) is 6.33 Å². The Morgan fingerprint density at radius 3 is 2.64 bits per heavy atom. The standard InChI is InChI=1S/C7H10N4/c1-2-4-11(3-1)7-5-9-10-6-8-7/h5-6H,1-4H2. The van der Waals surface area contributed by atoms with Gasteiger partial charge in [-0.15, -0.1) is 5.10 Å². The zero-order valence-corrected chi connectivity index (χ0v) is 6.27. The lowest BCUT2D eigenvalue weighted by Crippen LogP contribution is -2.19. The van der Waals surface area contributed by atoms with Crippen LogP contribution < -0.4 is 4.90 Å². The molecule has 1 saturated heterocycles. The third kappa shape index (κ3) is 1.29. The Bertz CT molecular complexity index is 217. The van der Waals surface area contributed by atoms with Gasteiger partial charge in [-0.3, -0.25) is 0 Å². The van der Waals surface area contributed by atoms with Crippen molar-refractivity contribution in [2.75, 3.05) is 18.0 Å². The minimum atomic E-state index is 0.956. The summed E-state index contributed by atoms with van der Waals surface area (Å²) in [6.07, 6.45) is 5.74. The summed E-state index contributed by atoms with van der Waals surface area (Å²) in [6, 6.07) is 0. The first kappa shape index (κ1) is 6.52. The molecule has 1 aromatic heterocycles. The molecular weight excluding hydrogens is 140 g/mol. The molecule has 1 aliphatic rings. The fraction of sp³-hybridized carbons (Fsp3) is 0.571. The van der Waals surface area contributed by atoms with Crippen LogP contribution in [0.2, 0.25) is 0 Å². The Morgan fingerprint density at radius 2 is 2.00 bits per heavy atom. The summed E-state index contributed by atoms with van der Waals surface area (Å²) >= 11 is 0. The maximum Gasteiger partial charge on any atom is 0.150 e. The third-order valence-electron chi connectivity index (χ3n) is 1.91. The predicted molar refractivity (Wildman–Crippen MR) is 41.3 cm³/mol. The molecule has 2 rings (SSSR count). The van der Waals surface area contributed by atoms with Gasteiger partial charge in [0.25, 0.3) is 0 Å². The van der Waals surface area contributed by atoms with Crippen molar-refractivity contribution in [3.63, 3.8) is 0 Å². The molecule has 4 nitrogen and oxygen atoms in total. The van der Waals surface area contributed by atoms with Crippen molar-refractivity contribution in [1.29, 1.82) is 0 Å². The van der Waals surface area contributed by atoms with Crippen LogP contribution >= 0.6 is 0 Å². The number of anilines is 1. The normalized spacial score (nSPS) is 17.3. The molecule has 4 heteroatoms. The summed E-state index contributed by atoms with van der Waals surface area (Å²) in [5, 5.41) is 7.40. The summed E-state index contributed by atoms with van der Waals surface area (Å²) in [5.74, 6) is 0.956. The maximum absolute atomic E-state index is 4.11. The van der Waals surface area contributed by atoms with Crippen molar-refractivity contribution in [3.8, 4) is 0 Å². The van der Waals surface area contributed by atoms with Gasteiger partial charge in [0.2, 0.25) is 0 Å². The van der Waals surface area contributed by atoms with Crippen LogP contribution in [0, 0.1) is 0 Å². The van der Waals surface area contributed by atoms with Crippen LogP contribution in [0.15, 0.2) is 12.5 Å². The molecule has 0 unspecified atom stereocenters. The monoisotopic (exact) mass is 150 g/mol. The fourth-order valence-corrected chi connectivity index (χ4v) is 1.34. The maximum atomic E-state index is 4.11. The van der Waals surface area contributed by atoms with E-state index in [9.17, 15) is 0 Å². The molecule has 58 valence electrons. The van der Waals surface area contributed by atoms with Gasteiger partial charge in [0.05, 0.1) is 6.20 Å². The van der Waals surface area contributed by atoms with E-state index in [1.54, 1.807) is 6.20 Å². The van der Waals surface area contributed by atoms with Crippen LogP contribution in [0.25, 0.3) is 0 Å². The zero-order chi connectivity index (χ0) is 7.52. The molecule has 0 bridgehead atoms. The first-order valence-electron chi connectivity index (χ1n) is 3.84. The molecule has 2 heterocycles. The summed E-state index contributed by atoms with van der Waals surface area (Å²) < 4.78 is 0.